The highest BCUT2D eigenvalue weighted by Crippen LogP contribution is 2.13. The molecule has 13 heavy (non-hydrogen) atoms. The molecule has 1 aliphatic rings. The fraction of sp³-hybridized carbons (Fsp3) is 0.500. The summed E-state index contributed by atoms with van der Waals surface area (Å²) in [5.74, 6) is 1.10. The maximum absolute atomic E-state index is 4.39. The van der Waals surface area contributed by atoms with Crippen molar-refractivity contribution in [1.82, 2.24) is 9.78 Å². The van der Waals surface area contributed by atoms with Crippen molar-refractivity contribution in [3.05, 3.63) is 24.4 Å². The normalized spacial score (nSPS) is 17.5. The van der Waals surface area contributed by atoms with Gasteiger partial charge in [0.05, 0.1) is 0 Å². The Morgan fingerprint density at radius 1 is 1.23 bits per heavy atom. The summed E-state index contributed by atoms with van der Waals surface area (Å²) in [4.78, 5) is 2.33. The van der Waals surface area contributed by atoms with Crippen molar-refractivity contribution >= 4 is 5.82 Å². The average Bonchev–Trinajstić information content (AvgIpc) is 2.43. The van der Waals surface area contributed by atoms with Crippen LogP contribution in [0.15, 0.2) is 24.4 Å². The molecular formula is C10H15N3. The van der Waals surface area contributed by atoms with Crippen molar-refractivity contribution in [2.75, 3.05) is 18.0 Å². The number of hydrogen-bond donors (Lipinski definition) is 0. The van der Waals surface area contributed by atoms with Crippen molar-refractivity contribution < 1.29 is 0 Å². The Hall–Kier alpha value is -1.25. The fourth-order valence-electron chi connectivity index (χ4n) is 1.61. The van der Waals surface area contributed by atoms with Gasteiger partial charge in [0.1, 0.15) is 0 Å². The van der Waals surface area contributed by atoms with Crippen molar-refractivity contribution in [2.24, 2.45) is 7.05 Å². The van der Waals surface area contributed by atoms with Crippen LogP contribution in [0.4, 0.5) is 5.82 Å². The molecule has 0 atom stereocenters. The van der Waals surface area contributed by atoms with Gasteiger partial charge in [-0.1, -0.05) is 12.2 Å². The standard InChI is InChI=1S/C10H15N3/c1-12-9-6-10(11-12)13-7-4-2-3-5-8-13/h2-3,6,9H,4-5,7-8H2,1H3. The van der Waals surface area contributed by atoms with E-state index in [1.807, 2.05) is 17.9 Å². The minimum absolute atomic E-state index is 1.09. The van der Waals surface area contributed by atoms with E-state index in [0.29, 0.717) is 0 Å². The van der Waals surface area contributed by atoms with Gasteiger partial charge in [0.25, 0.3) is 0 Å². The molecule has 2 heterocycles. The van der Waals surface area contributed by atoms with E-state index in [9.17, 15) is 0 Å². The van der Waals surface area contributed by atoms with Crippen LogP contribution in [-0.2, 0) is 7.05 Å². The smallest absolute Gasteiger partial charge is 0.150 e. The molecule has 3 nitrogen and oxygen atoms in total. The van der Waals surface area contributed by atoms with E-state index in [1.54, 1.807) is 0 Å². The number of nitrogens with zero attached hydrogens (tertiary/aromatic N) is 3. The summed E-state index contributed by atoms with van der Waals surface area (Å²) in [6.45, 7) is 2.18. The SMILES string of the molecule is Cn1ccc(N2CCC=CCC2)n1. The van der Waals surface area contributed by atoms with E-state index < -0.39 is 0 Å². The van der Waals surface area contributed by atoms with Gasteiger partial charge in [-0.25, -0.2) is 0 Å². The molecule has 0 saturated heterocycles. The molecule has 0 aliphatic carbocycles. The predicted molar refractivity (Wildman–Crippen MR) is 53.8 cm³/mol. The van der Waals surface area contributed by atoms with Crippen molar-refractivity contribution in [1.29, 1.82) is 0 Å². The van der Waals surface area contributed by atoms with Gasteiger partial charge in [-0.3, -0.25) is 4.68 Å². The molecule has 0 fully saturated rings. The van der Waals surface area contributed by atoms with Gasteiger partial charge in [-0.2, -0.15) is 5.10 Å². The second-order valence-electron chi connectivity index (χ2n) is 3.38. The summed E-state index contributed by atoms with van der Waals surface area (Å²) >= 11 is 0. The van der Waals surface area contributed by atoms with Gasteiger partial charge < -0.3 is 4.90 Å². The summed E-state index contributed by atoms with van der Waals surface area (Å²) in [6.07, 6.45) is 8.77. The Balaban J connectivity index is 2.08. The van der Waals surface area contributed by atoms with E-state index >= 15 is 0 Å². The molecule has 0 spiro atoms. The third-order valence-corrected chi connectivity index (χ3v) is 2.32. The maximum atomic E-state index is 4.39. The van der Waals surface area contributed by atoms with Gasteiger partial charge in [0.15, 0.2) is 5.82 Å². The summed E-state index contributed by atoms with van der Waals surface area (Å²) in [5.41, 5.74) is 0. The molecule has 0 saturated carbocycles. The van der Waals surface area contributed by atoms with Crippen molar-refractivity contribution in [3.8, 4) is 0 Å². The van der Waals surface area contributed by atoms with Crippen molar-refractivity contribution in [2.45, 2.75) is 12.8 Å². The van der Waals surface area contributed by atoms with Crippen LogP contribution >= 0.6 is 0 Å². The van der Waals surface area contributed by atoms with Gasteiger partial charge in [0, 0.05) is 32.4 Å². The number of aryl methyl sites for hydroxylation is 1. The lowest BCUT2D eigenvalue weighted by atomic mass is 10.4. The van der Waals surface area contributed by atoms with E-state index in [2.05, 4.69) is 28.2 Å². The fourth-order valence-corrected chi connectivity index (χ4v) is 1.61. The molecule has 0 bridgehead atoms. The molecule has 1 aromatic heterocycles. The Bertz CT molecular complexity index is 291. The molecule has 0 N–H and O–H groups in total. The topological polar surface area (TPSA) is 21.1 Å². The minimum Gasteiger partial charge on any atom is -0.355 e. The van der Waals surface area contributed by atoms with Crippen LogP contribution in [0.1, 0.15) is 12.8 Å². The highest BCUT2D eigenvalue weighted by Gasteiger charge is 2.08. The van der Waals surface area contributed by atoms with Crippen LogP contribution in [0.5, 0.6) is 0 Å². The Morgan fingerprint density at radius 2 is 1.92 bits per heavy atom. The molecule has 1 aliphatic heterocycles. The molecule has 1 aromatic rings. The lowest BCUT2D eigenvalue weighted by molar-refractivity contribution is 0.732. The number of anilines is 1. The minimum atomic E-state index is 1.09. The zero-order valence-corrected chi connectivity index (χ0v) is 7.98. The van der Waals surface area contributed by atoms with Crippen LogP contribution < -0.4 is 4.90 Å². The lowest BCUT2D eigenvalue weighted by Gasteiger charge is -2.18. The summed E-state index contributed by atoms with van der Waals surface area (Å²) in [6, 6.07) is 2.07. The van der Waals surface area contributed by atoms with Crippen LogP contribution in [0.3, 0.4) is 0 Å². The molecular weight excluding hydrogens is 162 g/mol. The molecule has 0 radical (unpaired) electrons. The molecule has 2 rings (SSSR count). The molecule has 0 amide bonds. The number of hydrogen-bond acceptors (Lipinski definition) is 2. The molecule has 70 valence electrons. The second-order valence-corrected chi connectivity index (χ2v) is 3.38. The Kier molecular flexibility index (Phi) is 2.34. The Morgan fingerprint density at radius 3 is 2.46 bits per heavy atom. The maximum Gasteiger partial charge on any atom is 0.150 e. The van der Waals surface area contributed by atoms with E-state index in [1.165, 1.54) is 0 Å². The van der Waals surface area contributed by atoms with Crippen LogP contribution in [0.25, 0.3) is 0 Å². The first-order chi connectivity index (χ1) is 6.36. The summed E-state index contributed by atoms with van der Waals surface area (Å²) < 4.78 is 1.85. The largest absolute Gasteiger partial charge is 0.355 e. The van der Waals surface area contributed by atoms with E-state index in [0.717, 1.165) is 31.7 Å². The monoisotopic (exact) mass is 177 g/mol. The second kappa shape index (κ2) is 3.64. The predicted octanol–water partition coefficient (Wildman–Crippen LogP) is 1.58. The Labute approximate surface area is 78.7 Å². The number of rotatable bonds is 1. The van der Waals surface area contributed by atoms with Gasteiger partial charge >= 0.3 is 0 Å². The molecule has 3 heteroatoms. The third kappa shape index (κ3) is 1.91. The van der Waals surface area contributed by atoms with E-state index in [-0.39, 0.29) is 0 Å². The van der Waals surface area contributed by atoms with E-state index in [4.69, 9.17) is 0 Å². The third-order valence-electron chi connectivity index (χ3n) is 2.32. The van der Waals surface area contributed by atoms with Gasteiger partial charge in [0.2, 0.25) is 0 Å². The summed E-state index contributed by atoms with van der Waals surface area (Å²) in [5, 5.41) is 4.39. The van der Waals surface area contributed by atoms with Crippen LogP contribution in [-0.4, -0.2) is 22.9 Å². The van der Waals surface area contributed by atoms with Crippen LogP contribution in [0.2, 0.25) is 0 Å². The first-order valence-corrected chi connectivity index (χ1v) is 4.76. The molecule has 0 aromatic carbocycles. The zero-order valence-electron chi connectivity index (χ0n) is 7.98. The average molecular weight is 177 g/mol. The van der Waals surface area contributed by atoms with Crippen molar-refractivity contribution in [3.63, 3.8) is 0 Å². The summed E-state index contributed by atoms with van der Waals surface area (Å²) in [7, 11) is 1.96. The number of aromatic nitrogens is 2. The lowest BCUT2D eigenvalue weighted by Crippen LogP contribution is -2.24. The first kappa shape index (κ1) is 8.35. The van der Waals surface area contributed by atoms with Gasteiger partial charge in [-0.05, 0) is 12.8 Å². The highest BCUT2D eigenvalue weighted by molar-refractivity contribution is 5.37. The van der Waals surface area contributed by atoms with Gasteiger partial charge in [-0.15, -0.1) is 0 Å². The zero-order chi connectivity index (χ0) is 9.10. The first-order valence-electron chi connectivity index (χ1n) is 4.76. The molecule has 0 unspecified atom stereocenters. The highest BCUT2D eigenvalue weighted by atomic mass is 15.3. The quantitative estimate of drug-likeness (QED) is 0.607. The van der Waals surface area contributed by atoms with Crippen LogP contribution in [0, 0.1) is 0 Å².